The molecule has 0 radical (unpaired) electrons. The van der Waals surface area contributed by atoms with Gasteiger partial charge in [-0.05, 0) is 54.8 Å². The van der Waals surface area contributed by atoms with Crippen LogP contribution in [0.4, 0.5) is 5.69 Å². The van der Waals surface area contributed by atoms with E-state index in [9.17, 15) is 4.79 Å². The van der Waals surface area contributed by atoms with E-state index in [1.54, 1.807) is 25.6 Å². The number of carbonyl (C=O) groups is 1. The smallest absolute Gasteiger partial charge is 0.251 e. The summed E-state index contributed by atoms with van der Waals surface area (Å²) in [5, 5.41) is 2.90. The standard InChI is InChI=1S/C21H21N3O2S/c1-15-5-7-20(8-6-15)27-24-18-10-17(11-19(12-18)26-2)21(25)23-14-16-4-3-9-22-13-16/h3-13,24H,14H2,1-2H3,(H,23,25). The summed E-state index contributed by atoms with van der Waals surface area (Å²) >= 11 is 1.49. The minimum Gasteiger partial charge on any atom is -0.497 e. The first-order valence-corrected chi connectivity index (χ1v) is 9.31. The van der Waals surface area contributed by atoms with Crippen LogP contribution in [-0.4, -0.2) is 18.0 Å². The van der Waals surface area contributed by atoms with Gasteiger partial charge in [0.05, 0.1) is 7.11 Å². The fourth-order valence-corrected chi connectivity index (χ4v) is 3.04. The van der Waals surface area contributed by atoms with Crippen LogP contribution in [0.1, 0.15) is 21.5 Å². The van der Waals surface area contributed by atoms with Crippen molar-refractivity contribution in [3.8, 4) is 5.75 Å². The Morgan fingerprint density at radius 1 is 1.15 bits per heavy atom. The molecule has 1 heterocycles. The summed E-state index contributed by atoms with van der Waals surface area (Å²) in [5.74, 6) is 0.456. The number of carbonyl (C=O) groups excluding carboxylic acids is 1. The molecule has 27 heavy (non-hydrogen) atoms. The van der Waals surface area contributed by atoms with Crippen molar-refractivity contribution in [2.24, 2.45) is 0 Å². The number of benzene rings is 2. The van der Waals surface area contributed by atoms with Gasteiger partial charge in [-0.1, -0.05) is 23.8 Å². The van der Waals surface area contributed by atoms with E-state index in [2.05, 4.69) is 46.2 Å². The Kier molecular flexibility index (Phi) is 6.33. The van der Waals surface area contributed by atoms with Gasteiger partial charge in [0.25, 0.3) is 5.91 Å². The third kappa shape index (κ3) is 5.49. The first-order valence-electron chi connectivity index (χ1n) is 8.50. The van der Waals surface area contributed by atoms with Gasteiger partial charge in [-0.25, -0.2) is 0 Å². The second-order valence-electron chi connectivity index (χ2n) is 6.01. The fraction of sp³-hybridized carbons (Fsp3) is 0.143. The lowest BCUT2D eigenvalue weighted by molar-refractivity contribution is 0.0950. The van der Waals surface area contributed by atoms with Gasteiger partial charge in [0.15, 0.2) is 0 Å². The molecule has 0 unspecified atom stereocenters. The van der Waals surface area contributed by atoms with Crippen LogP contribution in [0.15, 0.2) is 71.9 Å². The molecule has 0 spiro atoms. The number of nitrogens with zero attached hydrogens (tertiary/aromatic N) is 1. The minimum absolute atomic E-state index is 0.166. The molecule has 0 saturated carbocycles. The predicted octanol–water partition coefficient (Wildman–Crippen LogP) is 4.45. The summed E-state index contributed by atoms with van der Waals surface area (Å²) in [6.45, 7) is 2.48. The van der Waals surface area contributed by atoms with Crippen molar-refractivity contribution in [3.63, 3.8) is 0 Å². The van der Waals surface area contributed by atoms with E-state index in [1.165, 1.54) is 17.5 Å². The Labute approximate surface area is 163 Å². The van der Waals surface area contributed by atoms with Crippen LogP contribution < -0.4 is 14.8 Å². The van der Waals surface area contributed by atoms with Gasteiger partial charge in [-0.15, -0.1) is 0 Å². The molecule has 2 aromatic carbocycles. The highest BCUT2D eigenvalue weighted by molar-refractivity contribution is 8.00. The Balaban J connectivity index is 1.68. The van der Waals surface area contributed by atoms with E-state index < -0.39 is 0 Å². The van der Waals surface area contributed by atoms with Crippen LogP contribution in [0.25, 0.3) is 0 Å². The Morgan fingerprint density at radius 3 is 2.67 bits per heavy atom. The van der Waals surface area contributed by atoms with E-state index in [-0.39, 0.29) is 5.91 Å². The van der Waals surface area contributed by atoms with E-state index in [0.29, 0.717) is 17.9 Å². The second-order valence-corrected chi connectivity index (χ2v) is 6.89. The summed E-state index contributed by atoms with van der Waals surface area (Å²) in [6, 6.07) is 17.4. The molecule has 5 nitrogen and oxygen atoms in total. The number of aromatic nitrogens is 1. The number of aryl methyl sites for hydroxylation is 1. The zero-order valence-electron chi connectivity index (χ0n) is 15.2. The summed E-state index contributed by atoms with van der Waals surface area (Å²) in [7, 11) is 1.59. The molecule has 1 aromatic heterocycles. The molecule has 138 valence electrons. The number of anilines is 1. The molecule has 0 atom stereocenters. The molecule has 2 N–H and O–H groups in total. The molecular weight excluding hydrogens is 358 g/mol. The maximum atomic E-state index is 12.5. The number of hydrogen-bond donors (Lipinski definition) is 2. The highest BCUT2D eigenvalue weighted by Gasteiger charge is 2.10. The third-order valence-electron chi connectivity index (χ3n) is 3.89. The molecule has 0 fully saturated rings. The van der Waals surface area contributed by atoms with E-state index in [1.807, 2.05) is 24.3 Å². The maximum Gasteiger partial charge on any atom is 0.251 e. The zero-order valence-corrected chi connectivity index (χ0v) is 16.0. The number of rotatable bonds is 7. The van der Waals surface area contributed by atoms with Crippen LogP contribution in [-0.2, 0) is 6.54 Å². The van der Waals surface area contributed by atoms with E-state index >= 15 is 0 Å². The Hall–Kier alpha value is -2.99. The van der Waals surface area contributed by atoms with E-state index in [0.717, 1.165) is 16.1 Å². The number of ether oxygens (including phenoxy) is 1. The Morgan fingerprint density at radius 2 is 1.96 bits per heavy atom. The molecule has 6 heteroatoms. The SMILES string of the molecule is COc1cc(NSc2ccc(C)cc2)cc(C(=O)NCc2cccnc2)c1. The highest BCUT2D eigenvalue weighted by atomic mass is 32.2. The lowest BCUT2D eigenvalue weighted by atomic mass is 10.1. The zero-order chi connectivity index (χ0) is 19.1. The normalized spacial score (nSPS) is 10.3. The lowest BCUT2D eigenvalue weighted by Crippen LogP contribution is -2.22. The molecule has 1 amide bonds. The average molecular weight is 379 g/mol. The first-order chi connectivity index (χ1) is 13.1. The highest BCUT2D eigenvalue weighted by Crippen LogP contribution is 2.26. The lowest BCUT2D eigenvalue weighted by Gasteiger charge is -2.11. The van der Waals surface area contributed by atoms with Crippen molar-refractivity contribution in [2.45, 2.75) is 18.4 Å². The van der Waals surface area contributed by atoms with Crippen molar-refractivity contribution in [1.29, 1.82) is 0 Å². The quantitative estimate of drug-likeness (QED) is 0.594. The van der Waals surface area contributed by atoms with Crippen molar-refractivity contribution in [1.82, 2.24) is 10.3 Å². The number of nitrogens with one attached hydrogen (secondary N) is 2. The summed E-state index contributed by atoms with van der Waals surface area (Å²) in [6.07, 6.45) is 3.44. The van der Waals surface area contributed by atoms with Crippen molar-refractivity contribution in [2.75, 3.05) is 11.8 Å². The maximum absolute atomic E-state index is 12.5. The number of amides is 1. The monoisotopic (exact) mass is 379 g/mol. The van der Waals surface area contributed by atoms with Gasteiger partial charge >= 0.3 is 0 Å². The molecular formula is C21H21N3O2S. The van der Waals surface area contributed by atoms with Crippen LogP contribution >= 0.6 is 11.9 Å². The predicted molar refractivity (Wildman–Crippen MR) is 109 cm³/mol. The van der Waals surface area contributed by atoms with Gasteiger partial charge in [0, 0.05) is 41.2 Å². The first kappa shape index (κ1) is 18.8. The number of pyridine rings is 1. The largest absolute Gasteiger partial charge is 0.497 e. The van der Waals surface area contributed by atoms with Crippen LogP contribution in [0.3, 0.4) is 0 Å². The molecule has 3 aromatic rings. The van der Waals surface area contributed by atoms with Crippen LogP contribution in [0.2, 0.25) is 0 Å². The van der Waals surface area contributed by atoms with Crippen LogP contribution in [0.5, 0.6) is 5.75 Å². The minimum atomic E-state index is -0.166. The van der Waals surface area contributed by atoms with Gasteiger partial charge in [0.1, 0.15) is 5.75 Å². The van der Waals surface area contributed by atoms with Gasteiger partial charge in [-0.2, -0.15) is 0 Å². The fourth-order valence-electron chi connectivity index (χ4n) is 2.42. The third-order valence-corrected chi connectivity index (χ3v) is 4.73. The van der Waals surface area contributed by atoms with Gasteiger partial charge in [-0.3, -0.25) is 9.78 Å². The van der Waals surface area contributed by atoms with E-state index in [4.69, 9.17) is 4.74 Å². The second kappa shape index (κ2) is 9.09. The number of methoxy groups -OCH3 is 1. The molecule has 0 bridgehead atoms. The summed E-state index contributed by atoms with van der Waals surface area (Å²) in [5.41, 5.74) is 3.49. The van der Waals surface area contributed by atoms with Crippen LogP contribution in [0, 0.1) is 6.92 Å². The molecule has 0 aliphatic carbocycles. The summed E-state index contributed by atoms with van der Waals surface area (Å²) < 4.78 is 8.61. The average Bonchev–Trinajstić information content (AvgIpc) is 2.72. The number of hydrogen-bond acceptors (Lipinski definition) is 5. The molecule has 3 rings (SSSR count). The van der Waals surface area contributed by atoms with Crippen molar-refractivity contribution < 1.29 is 9.53 Å². The van der Waals surface area contributed by atoms with Crippen molar-refractivity contribution in [3.05, 3.63) is 83.7 Å². The molecule has 0 aliphatic rings. The molecule has 0 aliphatic heterocycles. The summed E-state index contributed by atoms with van der Waals surface area (Å²) in [4.78, 5) is 17.7. The Bertz CT molecular complexity index is 899. The van der Waals surface area contributed by atoms with Crippen molar-refractivity contribution >= 4 is 23.5 Å². The molecule has 0 saturated heterocycles. The van der Waals surface area contributed by atoms with Gasteiger partial charge in [0.2, 0.25) is 0 Å². The topological polar surface area (TPSA) is 63.2 Å². The van der Waals surface area contributed by atoms with Gasteiger partial charge < -0.3 is 14.8 Å².